The van der Waals surface area contributed by atoms with Gasteiger partial charge in [-0.3, -0.25) is 13.9 Å². The van der Waals surface area contributed by atoms with E-state index >= 15 is 0 Å². The van der Waals surface area contributed by atoms with Crippen LogP contribution in [0, 0.1) is 6.92 Å². The molecule has 0 fully saturated rings. The van der Waals surface area contributed by atoms with Gasteiger partial charge in [-0.25, -0.2) is 8.42 Å². The number of hydrogen-bond acceptors (Lipinski definition) is 4. The first-order valence-electron chi connectivity index (χ1n) is 12.2. The maximum atomic E-state index is 13.7. The lowest BCUT2D eigenvalue weighted by Gasteiger charge is -2.33. The van der Waals surface area contributed by atoms with Crippen LogP contribution >= 0.6 is 0 Å². The lowest BCUT2D eigenvalue weighted by Crippen LogP contribution is -2.52. The van der Waals surface area contributed by atoms with Crippen molar-refractivity contribution in [1.82, 2.24) is 10.2 Å². The molecule has 0 aromatic heterocycles. The van der Waals surface area contributed by atoms with Crippen LogP contribution in [0.1, 0.15) is 63.1 Å². The van der Waals surface area contributed by atoms with Crippen molar-refractivity contribution in [2.75, 3.05) is 23.7 Å². The highest BCUT2D eigenvalue weighted by molar-refractivity contribution is 7.92. The number of rotatable bonds is 12. The van der Waals surface area contributed by atoms with Gasteiger partial charge in [0, 0.05) is 13.1 Å². The highest BCUT2D eigenvalue weighted by Gasteiger charge is 2.32. The van der Waals surface area contributed by atoms with Crippen LogP contribution in [-0.4, -0.2) is 50.5 Å². The molecule has 0 aliphatic carbocycles. The zero-order valence-corrected chi connectivity index (χ0v) is 22.6. The summed E-state index contributed by atoms with van der Waals surface area (Å²) in [4.78, 5) is 28.2. The van der Waals surface area contributed by atoms with E-state index in [0.717, 1.165) is 33.7 Å². The Hall–Kier alpha value is -2.87. The van der Waals surface area contributed by atoms with Gasteiger partial charge < -0.3 is 10.2 Å². The Balaban J connectivity index is 2.48. The Labute approximate surface area is 210 Å². The first-order chi connectivity index (χ1) is 16.5. The van der Waals surface area contributed by atoms with E-state index in [4.69, 9.17) is 0 Å². The highest BCUT2D eigenvalue weighted by atomic mass is 32.2. The van der Waals surface area contributed by atoms with Crippen molar-refractivity contribution in [1.29, 1.82) is 0 Å². The topological polar surface area (TPSA) is 86.8 Å². The molecule has 0 aliphatic rings. The van der Waals surface area contributed by atoms with Gasteiger partial charge in [0.1, 0.15) is 12.6 Å². The maximum absolute atomic E-state index is 13.7. The van der Waals surface area contributed by atoms with Gasteiger partial charge in [0.15, 0.2) is 0 Å². The van der Waals surface area contributed by atoms with Gasteiger partial charge in [-0.15, -0.1) is 0 Å². The third-order valence-corrected chi connectivity index (χ3v) is 7.04. The summed E-state index contributed by atoms with van der Waals surface area (Å²) in [5.74, 6) is -0.589. The summed E-state index contributed by atoms with van der Waals surface area (Å²) < 4.78 is 26.9. The predicted octanol–water partition coefficient (Wildman–Crippen LogP) is 4.22. The molecule has 2 aromatic carbocycles. The third-order valence-electron chi connectivity index (χ3n) is 5.92. The van der Waals surface area contributed by atoms with Gasteiger partial charge in [-0.2, -0.15) is 0 Å². The van der Waals surface area contributed by atoms with Crippen molar-refractivity contribution in [3.63, 3.8) is 0 Å². The summed E-state index contributed by atoms with van der Waals surface area (Å²) in [6.45, 7) is 10.1. The number of nitrogens with one attached hydrogen (secondary N) is 1. The molecule has 0 radical (unpaired) electrons. The minimum atomic E-state index is -3.76. The fraction of sp³-hybridized carbons (Fsp3) is 0.481. The van der Waals surface area contributed by atoms with Crippen molar-refractivity contribution in [2.24, 2.45) is 0 Å². The van der Waals surface area contributed by atoms with Crippen LogP contribution in [-0.2, 0) is 26.2 Å². The van der Waals surface area contributed by atoms with Crippen molar-refractivity contribution in [3.8, 4) is 0 Å². The lowest BCUT2D eigenvalue weighted by atomic mass is 10.0. The molecular formula is C27H39N3O4S. The van der Waals surface area contributed by atoms with Crippen LogP contribution in [0.2, 0.25) is 0 Å². The van der Waals surface area contributed by atoms with Crippen LogP contribution in [0.15, 0.2) is 48.5 Å². The van der Waals surface area contributed by atoms with Crippen molar-refractivity contribution in [2.45, 2.75) is 66.0 Å². The number of nitrogens with zero attached hydrogens (tertiary/aromatic N) is 2. The summed E-state index contributed by atoms with van der Waals surface area (Å²) in [6.07, 6.45) is 2.30. The van der Waals surface area contributed by atoms with Crippen LogP contribution in [0.5, 0.6) is 0 Å². The predicted molar refractivity (Wildman–Crippen MR) is 142 cm³/mol. The molecule has 0 saturated heterocycles. The Bertz CT molecular complexity index is 1100. The van der Waals surface area contributed by atoms with Gasteiger partial charge in [0.05, 0.1) is 11.9 Å². The molecule has 0 spiro atoms. The summed E-state index contributed by atoms with van der Waals surface area (Å²) in [5, 5.41) is 2.89. The van der Waals surface area contributed by atoms with Gasteiger partial charge in [0.25, 0.3) is 0 Å². The maximum Gasteiger partial charge on any atom is 0.244 e. The third kappa shape index (κ3) is 7.82. The molecule has 1 atom stereocenters. The second-order valence-corrected chi connectivity index (χ2v) is 11.1. The van der Waals surface area contributed by atoms with Crippen LogP contribution in [0.25, 0.3) is 0 Å². The van der Waals surface area contributed by atoms with Crippen LogP contribution in [0.3, 0.4) is 0 Å². The molecule has 0 unspecified atom stereocenters. The number of para-hydroxylation sites is 1. The molecule has 0 saturated carbocycles. The second-order valence-electron chi connectivity index (χ2n) is 9.21. The summed E-state index contributed by atoms with van der Waals surface area (Å²) in [6, 6.07) is 14.3. The first-order valence-corrected chi connectivity index (χ1v) is 14.0. The second kappa shape index (κ2) is 12.7. The van der Waals surface area contributed by atoms with Gasteiger partial charge in [-0.1, -0.05) is 75.7 Å². The highest BCUT2D eigenvalue weighted by Crippen LogP contribution is 2.29. The fourth-order valence-corrected chi connectivity index (χ4v) is 4.84. The monoisotopic (exact) mass is 501 g/mol. The largest absolute Gasteiger partial charge is 0.354 e. The number of benzene rings is 2. The van der Waals surface area contributed by atoms with E-state index in [0.29, 0.717) is 18.7 Å². The molecule has 2 rings (SSSR count). The van der Waals surface area contributed by atoms with Crippen molar-refractivity contribution in [3.05, 3.63) is 65.2 Å². The van der Waals surface area contributed by atoms with E-state index < -0.39 is 22.0 Å². The van der Waals surface area contributed by atoms with E-state index in [-0.39, 0.29) is 24.9 Å². The number of amides is 2. The van der Waals surface area contributed by atoms with Gasteiger partial charge >= 0.3 is 0 Å². The van der Waals surface area contributed by atoms with Gasteiger partial charge in [-0.05, 0) is 42.9 Å². The zero-order chi connectivity index (χ0) is 26.2. The number of carbonyl (C=O) groups is 2. The number of carbonyl (C=O) groups excluding carboxylic acids is 2. The van der Waals surface area contributed by atoms with Crippen LogP contribution < -0.4 is 9.62 Å². The molecule has 2 aromatic rings. The van der Waals surface area contributed by atoms with Crippen LogP contribution in [0.4, 0.5) is 5.69 Å². The van der Waals surface area contributed by atoms with E-state index in [1.54, 1.807) is 12.1 Å². The molecule has 192 valence electrons. The molecule has 35 heavy (non-hydrogen) atoms. The Morgan fingerprint density at radius 1 is 1.00 bits per heavy atom. The van der Waals surface area contributed by atoms with E-state index in [9.17, 15) is 18.0 Å². The fourth-order valence-electron chi connectivity index (χ4n) is 3.97. The minimum Gasteiger partial charge on any atom is -0.354 e. The molecule has 0 aliphatic heterocycles. The van der Waals surface area contributed by atoms with E-state index in [2.05, 4.69) is 5.32 Å². The van der Waals surface area contributed by atoms with E-state index in [1.165, 1.54) is 4.90 Å². The zero-order valence-electron chi connectivity index (χ0n) is 21.7. The summed E-state index contributed by atoms with van der Waals surface area (Å²) in [5.41, 5.74) is 3.28. The molecule has 0 bridgehead atoms. The molecule has 7 nitrogen and oxygen atoms in total. The average molecular weight is 502 g/mol. The minimum absolute atomic E-state index is 0.0671. The van der Waals surface area contributed by atoms with Crippen molar-refractivity contribution < 1.29 is 18.0 Å². The molecule has 1 N–H and O–H groups in total. The lowest BCUT2D eigenvalue weighted by molar-refractivity contribution is -0.140. The number of hydrogen-bond donors (Lipinski definition) is 1. The number of aryl methyl sites for hydroxylation is 1. The number of sulfonamides is 1. The average Bonchev–Trinajstić information content (AvgIpc) is 2.81. The quantitative estimate of drug-likeness (QED) is 0.472. The molecular weight excluding hydrogens is 462 g/mol. The molecule has 8 heteroatoms. The molecule has 0 heterocycles. The first kappa shape index (κ1) is 28.4. The normalized spacial score (nSPS) is 12.3. The standard InChI is InChI=1S/C27H39N3O4S/c1-7-17-28-27(32)24(8-2)29(18-22-15-13-21(5)14-16-22)26(31)19-30(35(6,33)34)25-12-10-9-11-23(25)20(3)4/h9-16,20,24H,7-8,17-19H2,1-6H3,(H,28,32)/t24-/m1/s1. The Morgan fingerprint density at radius 3 is 2.17 bits per heavy atom. The molecule has 2 amide bonds. The van der Waals surface area contributed by atoms with E-state index in [1.807, 2.05) is 71.0 Å². The smallest absolute Gasteiger partial charge is 0.244 e. The van der Waals surface area contributed by atoms with Gasteiger partial charge in [0.2, 0.25) is 21.8 Å². The Morgan fingerprint density at radius 2 is 1.63 bits per heavy atom. The van der Waals surface area contributed by atoms with Crippen molar-refractivity contribution >= 4 is 27.5 Å². The summed E-state index contributed by atoms with van der Waals surface area (Å²) >= 11 is 0. The number of anilines is 1. The Kier molecular flexibility index (Phi) is 10.3. The SMILES string of the molecule is CCCNC(=O)[C@@H](CC)N(Cc1ccc(C)cc1)C(=O)CN(c1ccccc1C(C)C)S(C)(=O)=O. The summed E-state index contributed by atoms with van der Waals surface area (Å²) in [7, 11) is -3.76.